The maximum Gasteiger partial charge on any atom is 0.137 e. The molecule has 0 aliphatic heterocycles. The second-order valence-corrected chi connectivity index (χ2v) is 5.94. The van der Waals surface area contributed by atoms with Crippen molar-refractivity contribution >= 4 is 11.8 Å². The molecule has 0 N–H and O–H groups in total. The molecule has 1 aromatic heterocycles. The molecule has 2 nitrogen and oxygen atoms in total. The fraction of sp³-hybridized carbons (Fsp3) is 0.118. The molecule has 0 radical (unpaired) electrons. The first-order valence-electron chi connectivity index (χ1n) is 6.66. The van der Waals surface area contributed by atoms with Gasteiger partial charge in [-0.25, -0.2) is 9.37 Å². The zero-order valence-corrected chi connectivity index (χ0v) is 12.7. The molecule has 106 valence electrons. The van der Waals surface area contributed by atoms with Crippen LogP contribution in [0.5, 0.6) is 0 Å². The van der Waals surface area contributed by atoms with Crippen molar-refractivity contribution in [2.75, 3.05) is 0 Å². The molecule has 0 unspecified atom stereocenters. The second kappa shape index (κ2) is 5.74. The van der Waals surface area contributed by atoms with Gasteiger partial charge in [-0.3, -0.25) is 0 Å². The van der Waals surface area contributed by atoms with Gasteiger partial charge in [0.1, 0.15) is 16.5 Å². The zero-order valence-electron chi connectivity index (χ0n) is 11.9. The lowest BCUT2D eigenvalue weighted by atomic mass is 10.2. The number of hydrogen-bond acceptors (Lipinski definition) is 2. The van der Waals surface area contributed by atoms with Gasteiger partial charge in [-0.05, 0) is 24.6 Å². The van der Waals surface area contributed by atoms with Gasteiger partial charge >= 0.3 is 0 Å². The maximum atomic E-state index is 14.1. The van der Waals surface area contributed by atoms with E-state index in [1.807, 2.05) is 61.0 Å². The fourth-order valence-corrected chi connectivity index (χ4v) is 3.09. The number of rotatable bonds is 3. The van der Waals surface area contributed by atoms with Gasteiger partial charge in [0.15, 0.2) is 0 Å². The summed E-state index contributed by atoms with van der Waals surface area (Å²) < 4.78 is 16.0. The largest absolute Gasteiger partial charge is 0.328 e. The van der Waals surface area contributed by atoms with Crippen LogP contribution in [0.15, 0.2) is 64.8 Å². The van der Waals surface area contributed by atoms with E-state index in [1.54, 1.807) is 12.4 Å². The Labute approximate surface area is 127 Å². The van der Waals surface area contributed by atoms with Crippen molar-refractivity contribution < 1.29 is 4.39 Å². The minimum absolute atomic E-state index is 0.194. The highest BCUT2D eigenvalue weighted by atomic mass is 32.2. The Hall–Kier alpha value is -2.07. The predicted octanol–water partition coefficient (Wildman–Crippen LogP) is 4.69. The van der Waals surface area contributed by atoms with Crippen LogP contribution in [0.3, 0.4) is 0 Å². The molecule has 0 fully saturated rings. The topological polar surface area (TPSA) is 17.8 Å². The third-order valence-electron chi connectivity index (χ3n) is 3.22. The van der Waals surface area contributed by atoms with Crippen LogP contribution in [0.2, 0.25) is 0 Å². The normalized spacial score (nSPS) is 10.8. The molecule has 4 heteroatoms. The molecule has 0 atom stereocenters. The van der Waals surface area contributed by atoms with Crippen LogP contribution in [-0.4, -0.2) is 9.55 Å². The molecule has 0 aliphatic carbocycles. The number of halogens is 1. The lowest BCUT2D eigenvalue weighted by molar-refractivity contribution is 0.600. The van der Waals surface area contributed by atoms with E-state index in [2.05, 4.69) is 4.98 Å². The molecule has 21 heavy (non-hydrogen) atoms. The van der Waals surface area contributed by atoms with Gasteiger partial charge in [0.2, 0.25) is 0 Å². The first-order chi connectivity index (χ1) is 10.1. The molecule has 0 spiro atoms. The van der Waals surface area contributed by atoms with Crippen LogP contribution in [0.4, 0.5) is 4.39 Å². The molecular formula is C17H15FN2S. The number of aryl methyl sites for hydroxylation is 2. The summed E-state index contributed by atoms with van der Waals surface area (Å²) in [7, 11) is 1.92. The quantitative estimate of drug-likeness (QED) is 0.698. The fourth-order valence-electron chi connectivity index (χ4n) is 2.13. The third kappa shape index (κ3) is 2.85. The van der Waals surface area contributed by atoms with E-state index in [-0.39, 0.29) is 5.82 Å². The van der Waals surface area contributed by atoms with Crippen LogP contribution in [-0.2, 0) is 7.05 Å². The summed E-state index contributed by atoms with van der Waals surface area (Å²) in [6, 6.07) is 15.2. The Morgan fingerprint density at radius 3 is 2.57 bits per heavy atom. The van der Waals surface area contributed by atoms with Crippen molar-refractivity contribution in [1.29, 1.82) is 0 Å². The Kier molecular flexibility index (Phi) is 3.80. The van der Waals surface area contributed by atoms with E-state index >= 15 is 0 Å². The molecule has 0 bridgehead atoms. The van der Waals surface area contributed by atoms with Crippen LogP contribution in [0.1, 0.15) is 5.56 Å². The van der Waals surface area contributed by atoms with Crippen LogP contribution >= 0.6 is 11.8 Å². The number of hydrogen-bond donors (Lipinski definition) is 0. The summed E-state index contributed by atoms with van der Waals surface area (Å²) in [6.07, 6.45) is 1.76. The standard InChI is InChI=1S/C17H15FN2S/c1-12-8-9-15(14(18)10-12)21-17-16(19-11-20(17)2)13-6-4-3-5-7-13/h3-11H,1-2H3. The Morgan fingerprint density at radius 2 is 1.86 bits per heavy atom. The lowest BCUT2D eigenvalue weighted by Crippen LogP contribution is -1.91. The van der Waals surface area contributed by atoms with Gasteiger partial charge in [0.25, 0.3) is 0 Å². The van der Waals surface area contributed by atoms with E-state index in [9.17, 15) is 4.39 Å². The first-order valence-corrected chi connectivity index (χ1v) is 7.47. The molecule has 0 saturated carbocycles. The average Bonchev–Trinajstić information content (AvgIpc) is 2.84. The van der Waals surface area contributed by atoms with Crippen molar-refractivity contribution in [2.24, 2.45) is 7.05 Å². The molecule has 2 aromatic carbocycles. The minimum Gasteiger partial charge on any atom is -0.328 e. The van der Waals surface area contributed by atoms with E-state index in [0.29, 0.717) is 4.90 Å². The summed E-state index contributed by atoms with van der Waals surface area (Å²) in [5.41, 5.74) is 2.83. The highest BCUT2D eigenvalue weighted by molar-refractivity contribution is 7.99. The molecule has 0 saturated heterocycles. The van der Waals surface area contributed by atoms with Crippen molar-refractivity contribution in [3.05, 3.63) is 66.2 Å². The Morgan fingerprint density at radius 1 is 1.10 bits per heavy atom. The van der Waals surface area contributed by atoms with Crippen molar-refractivity contribution in [2.45, 2.75) is 16.8 Å². The summed E-state index contributed by atoms with van der Waals surface area (Å²) in [4.78, 5) is 5.06. The summed E-state index contributed by atoms with van der Waals surface area (Å²) in [5, 5.41) is 0.934. The Bertz CT molecular complexity index is 766. The predicted molar refractivity (Wildman–Crippen MR) is 83.9 cm³/mol. The Balaban J connectivity index is 2.01. The third-order valence-corrected chi connectivity index (χ3v) is 4.45. The molecule has 1 heterocycles. The van der Waals surface area contributed by atoms with E-state index < -0.39 is 0 Å². The summed E-state index contributed by atoms with van der Waals surface area (Å²) in [5.74, 6) is -0.194. The first kappa shape index (κ1) is 13.9. The molecule has 0 aliphatic rings. The molecule has 3 aromatic rings. The van der Waals surface area contributed by atoms with Gasteiger partial charge in [0.05, 0.1) is 6.33 Å². The van der Waals surface area contributed by atoms with Crippen molar-refractivity contribution in [1.82, 2.24) is 9.55 Å². The van der Waals surface area contributed by atoms with E-state index in [1.165, 1.54) is 11.8 Å². The second-order valence-electron chi connectivity index (χ2n) is 4.91. The minimum atomic E-state index is -0.194. The highest BCUT2D eigenvalue weighted by Crippen LogP contribution is 2.36. The van der Waals surface area contributed by atoms with E-state index in [0.717, 1.165) is 21.8 Å². The van der Waals surface area contributed by atoms with E-state index in [4.69, 9.17) is 0 Å². The highest BCUT2D eigenvalue weighted by Gasteiger charge is 2.14. The number of benzene rings is 2. The molecular weight excluding hydrogens is 283 g/mol. The van der Waals surface area contributed by atoms with Crippen molar-refractivity contribution in [3.63, 3.8) is 0 Å². The van der Waals surface area contributed by atoms with Crippen LogP contribution in [0.25, 0.3) is 11.3 Å². The number of aromatic nitrogens is 2. The van der Waals surface area contributed by atoms with Crippen LogP contribution in [0, 0.1) is 12.7 Å². The van der Waals surface area contributed by atoms with Gasteiger partial charge in [0, 0.05) is 17.5 Å². The zero-order chi connectivity index (χ0) is 14.8. The molecule has 0 amide bonds. The SMILES string of the molecule is Cc1ccc(Sc2c(-c3ccccc3)ncn2C)c(F)c1. The van der Waals surface area contributed by atoms with Gasteiger partial charge in [-0.2, -0.15) is 0 Å². The van der Waals surface area contributed by atoms with Gasteiger partial charge in [-0.1, -0.05) is 48.2 Å². The van der Waals surface area contributed by atoms with Crippen LogP contribution < -0.4 is 0 Å². The average molecular weight is 298 g/mol. The van der Waals surface area contributed by atoms with Gasteiger partial charge in [-0.15, -0.1) is 0 Å². The lowest BCUT2D eigenvalue weighted by Gasteiger charge is -2.07. The van der Waals surface area contributed by atoms with Gasteiger partial charge < -0.3 is 4.57 Å². The molecule has 3 rings (SSSR count). The maximum absolute atomic E-state index is 14.1. The number of imidazole rings is 1. The monoisotopic (exact) mass is 298 g/mol. The smallest absolute Gasteiger partial charge is 0.137 e. The van der Waals surface area contributed by atoms with Crippen molar-refractivity contribution in [3.8, 4) is 11.3 Å². The summed E-state index contributed by atoms with van der Waals surface area (Å²) in [6.45, 7) is 1.89. The summed E-state index contributed by atoms with van der Waals surface area (Å²) >= 11 is 1.40. The number of nitrogens with zero attached hydrogens (tertiary/aromatic N) is 2.